The number of thioether (sulfide) groups is 1. The molecule has 1 radical (unpaired) electrons. The minimum Gasteiger partial charge on any atom is -0.367 e. The molecule has 1 aliphatic heterocycles. The van der Waals surface area contributed by atoms with Gasteiger partial charge in [-0.3, -0.25) is 0 Å². The topological polar surface area (TPSA) is 29.5 Å². The van der Waals surface area contributed by atoms with Crippen LogP contribution in [0.4, 0.5) is 0 Å². The first-order valence-corrected chi connectivity index (χ1v) is 3.83. The summed E-state index contributed by atoms with van der Waals surface area (Å²) >= 11 is 1.68. The Kier molecular flexibility index (Phi) is 6.40. The van der Waals surface area contributed by atoms with E-state index < -0.39 is 6.29 Å². The Morgan fingerprint density at radius 1 is 1.78 bits per heavy atom. The van der Waals surface area contributed by atoms with Crippen LogP contribution < -0.4 is 0 Å². The molecule has 2 nitrogen and oxygen atoms in total. The molecule has 9 heavy (non-hydrogen) atoms. The van der Waals surface area contributed by atoms with Gasteiger partial charge in [0.15, 0.2) is 6.29 Å². The van der Waals surface area contributed by atoms with E-state index >= 15 is 0 Å². The predicted octanol–water partition coefficient (Wildman–Crippen LogP) is 0.804. The maximum atomic E-state index is 8.79. The third-order valence-electron chi connectivity index (χ3n) is 1.07. The fourth-order valence-corrected chi connectivity index (χ4v) is 1.56. The third kappa shape index (κ3) is 3.57. The molecule has 0 spiro atoms. The number of rotatable bonds is 1. The number of aliphatic hydroxyl groups is 1. The number of hydrogen-bond donors (Lipinski definition) is 1. The Hall–Kier alpha value is 1.71. The summed E-state index contributed by atoms with van der Waals surface area (Å²) in [6.07, 6.45) is 0.479. The van der Waals surface area contributed by atoms with E-state index in [-0.39, 0.29) is 49.5 Å². The average Bonchev–Trinajstić information content (AvgIpc) is 2.14. The monoisotopic (exact) mass is 361 g/mol. The van der Waals surface area contributed by atoms with Crippen LogP contribution in [-0.4, -0.2) is 22.6 Å². The minimum atomic E-state index is -0.509. The van der Waals surface area contributed by atoms with Crippen LogP contribution in [0.25, 0.3) is 0 Å². The van der Waals surface area contributed by atoms with E-state index in [9.17, 15) is 0 Å². The van der Waals surface area contributed by atoms with Crippen LogP contribution in [0.5, 0.6) is 0 Å². The van der Waals surface area contributed by atoms with Crippen molar-refractivity contribution < 1.29 is 53.9 Å². The molecule has 0 saturated carbocycles. The van der Waals surface area contributed by atoms with Crippen LogP contribution >= 0.6 is 11.8 Å². The van der Waals surface area contributed by atoms with E-state index in [0.717, 1.165) is 12.2 Å². The van der Waals surface area contributed by atoms with Crippen molar-refractivity contribution in [3.63, 3.8) is 0 Å². The van der Waals surface area contributed by atoms with Gasteiger partial charge in [0.05, 0.1) is 0 Å². The summed E-state index contributed by atoms with van der Waals surface area (Å²) in [5.41, 5.74) is 0.241. The van der Waals surface area contributed by atoms with Crippen molar-refractivity contribution >= 4 is 11.8 Å². The summed E-state index contributed by atoms with van der Waals surface area (Å²) in [6, 6.07) is 0. The molecule has 2 atom stereocenters. The first-order chi connectivity index (χ1) is 3.83. The number of aliphatic hydroxyl groups excluding tert-OH is 1. The molecule has 1 saturated heterocycles. The minimum absolute atomic E-state index is 0. The summed E-state index contributed by atoms with van der Waals surface area (Å²) in [4.78, 5) is 0. The molecule has 2 unspecified atom stereocenters. The summed E-state index contributed by atoms with van der Waals surface area (Å²) in [6.45, 7) is 2.05. The van der Waals surface area contributed by atoms with E-state index in [1.54, 1.807) is 11.8 Å². The molecular weight excluding hydrogens is 351 g/mol. The predicted molar refractivity (Wildman–Crippen MR) is 33.6 cm³/mol. The Morgan fingerprint density at radius 2 is 2.44 bits per heavy atom. The first kappa shape index (κ1) is 10.7. The van der Waals surface area contributed by atoms with Crippen molar-refractivity contribution in [1.29, 1.82) is 0 Å². The SMILES string of the molecule is CCC1OC(O)CS1.[Ac]. The Morgan fingerprint density at radius 3 is 2.67 bits per heavy atom. The van der Waals surface area contributed by atoms with Crippen molar-refractivity contribution in [3.8, 4) is 0 Å². The second kappa shape index (κ2) is 5.37. The van der Waals surface area contributed by atoms with Crippen molar-refractivity contribution in [2.45, 2.75) is 25.1 Å². The van der Waals surface area contributed by atoms with E-state index in [1.165, 1.54) is 0 Å². The van der Waals surface area contributed by atoms with E-state index in [4.69, 9.17) is 9.84 Å². The quantitative estimate of drug-likeness (QED) is 0.750. The molecule has 0 aliphatic carbocycles. The van der Waals surface area contributed by atoms with Gasteiger partial charge in [-0.05, 0) is 6.42 Å². The molecule has 1 rings (SSSR count). The fourth-order valence-electron chi connectivity index (χ4n) is 0.657. The van der Waals surface area contributed by atoms with E-state index in [2.05, 4.69) is 6.92 Å². The molecule has 0 aromatic carbocycles. The van der Waals surface area contributed by atoms with Crippen LogP contribution in [0.2, 0.25) is 0 Å². The van der Waals surface area contributed by atoms with Crippen LogP contribution in [0.3, 0.4) is 0 Å². The first-order valence-electron chi connectivity index (χ1n) is 2.78. The summed E-state index contributed by atoms with van der Waals surface area (Å²) in [5.74, 6) is 0.735. The Bertz CT molecular complexity index is 81.4. The standard InChI is InChI=1S/C5H10O2S.Ac/c1-2-5-7-4(6)3-8-5;/h4-6H,2-3H2,1H3;. The van der Waals surface area contributed by atoms with Gasteiger partial charge < -0.3 is 9.84 Å². The zero-order valence-electron chi connectivity index (χ0n) is 5.41. The number of ether oxygens (including phenoxy) is 1. The molecular formula is C5H10AcO2S. The van der Waals surface area contributed by atoms with Crippen LogP contribution in [0, 0.1) is 44.1 Å². The van der Waals surface area contributed by atoms with Gasteiger partial charge in [-0.2, -0.15) is 0 Å². The normalized spacial score (nSPS) is 34.0. The van der Waals surface area contributed by atoms with Gasteiger partial charge in [0.25, 0.3) is 0 Å². The van der Waals surface area contributed by atoms with Gasteiger partial charge in [0.2, 0.25) is 0 Å². The summed E-state index contributed by atoms with van der Waals surface area (Å²) < 4.78 is 5.03. The molecule has 0 bridgehead atoms. The maximum Gasteiger partial charge on any atom is 0.165 e. The molecule has 0 aromatic rings. The van der Waals surface area contributed by atoms with Gasteiger partial charge in [-0.15, -0.1) is 11.8 Å². The van der Waals surface area contributed by atoms with E-state index in [1.807, 2.05) is 0 Å². The average molecular weight is 361 g/mol. The van der Waals surface area contributed by atoms with Crippen LogP contribution in [0.15, 0.2) is 0 Å². The summed E-state index contributed by atoms with van der Waals surface area (Å²) in [5, 5.41) is 8.79. The molecule has 0 amide bonds. The smallest absolute Gasteiger partial charge is 0.165 e. The van der Waals surface area contributed by atoms with Gasteiger partial charge in [0, 0.05) is 49.8 Å². The molecule has 1 heterocycles. The second-order valence-electron chi connectivity index (χ2n) is 1.76. The molecule has 1 aliphatic rings. The largest absolute Gasteiger partial charge is 0.367 e. The fraction of sp³-hybridized carbons (Fsp3) is 1.00. The van der Waals surface area contributed by atoms with Crippen molar-refractivity contribution in [3.05, 3.63) is 0 Å². The Balaban J connectivity index is 0.000000640. The van der Waals surface area contributed by atoms with Gasteiger partial charge in [-0.25, -0.2) is 0 Å². The van der Waals surface area contributed by atoms with Crippen LogP contribution in [-0.2, 0) is 4.74 Å². The van der Waals surface area contributed by atoms with Gasteiger partial charge >= 0.3 is 0 Å². The van der Waals surface area contributed by atoms with Crippen molar-refractivity contribution in [1.82, 2.24) is 0 Å². The summed E-state index contributed by atoms with van der Waals surface area (Å²) in [7, 11) is 0. The van der Waals surface area contributed by atoms with Crippen molar-refractivity contribution in [2.24, 2.45) is 0 Å². The molecule has 0 aromatic heterocycles. The van der Waals surface area contributed by atoms with E-state index in [0.29, 0.717) is 0 Å². The molecule has 1 N–H and O–H groups in total. The second-order valence-corrected chi connectivity index (χ2v) is 2.95. The number of hydrogen-bond acceptors (Lipinski definition) is 3. The van der Waals surface area contributed by atoms with Crippen LogP contribution in [0.1, 0.15) is 13.3 Å². The zero-order valence-corrected chi connectivity index (χ0v) is 11.0. The van der Waals surface area contributed by atoms with Crippen molar-refractivity contribution in [2.75, 3.05) is 5.75 Å². The zero-order chi connectivity index (χ0) is 5.98. The Labute approximate surface area is 95.3 Å². The van der Waals surface area contributed by atoms with Gasteiger partial charge in [0.1, 0.15) is 5.44 Å². The van der Waals surface area contributed by atoms with Gasteiger partial charge in [-0.1, -0.05) is 6.92 Å². The third-order valence-corrected chi connectivity index (χ3v) is 2.36. The molecule has 4 heteroatoms. The molecule has 51 valence electrons. The maximum absolute atomic E-state index is 8.79. The molecule has 1 fully saturated rings.